The number of rotatable bonds is 6. The van der Waals surface area contributed by atoms with Gasteiger partial charge in [0.1, 0.15) is 5.82 Å². The van der Waals surface area contributed by atoms with Gasteiger partial charge in [-0.1, -0.05) is 12.8 Å². The summed E-state index contributed by atoms with van der Waals surface area (Å²) in [5, 5.41) is 21.1. The van der Waals surface area contributed by atoms with E-state index in [4.69, 9.17) is 5.11 Å². The van der Waals surface area contributed by atoms with Crippen molar-refractivity contribution in [3.63, 3.8) is 0 Å². The van der Waals surface area contributed by atoms with Crippen molar-refractivity contribution in [2.24, 2.45) is 5.92 Å². The van der Waals surface area contributed by atoms with Crippen LogP contribution in [-0.2, 0) is 0 Å². The first-order valence-electron chi connectivity index (χ1n) is 9.65. The van der Waals surface area contributed by atoms with Crippen molar-refractivity contribution in [1.82, 2.24) is 25.5 Å². The zero-order chi connectivity index (χ0) is 20.4. The maximum atomic E-state index is 14.2. The molecule has 0 aromatic carbocycles. The van der Waals surface area contributed by atoms with Gasteiger partial charge < -0.3 is 20.6 Å². The van der Waals surface area contributed by atoms with Gasteiger partial charge in [-0.25, -0.2) is 18.6 Å². The van der Waals surface area contributed by atoms with E-state index in [1.165, 1.54) is 23.9 Å². The molecule has 9 nitrogen and oxygen atoms in total. The smallest absolute Gasteiger partial charge is 0.404 e. The molecule has 0 bridgehead atoms. The fourth-order valence-electron chi connectivity index (χ4n) is 3.97. The lowest BCUT2D eigenvalue weighted by Crippen LogP contribution is -2.37. The Morgan fingerprint density at radius 3 is 2.90 bits per heavy atom. The predicted octanol–water partition coefficient (Wildman–Crippen LogP) is 2.94. The van der Waals surface area contributed by atoms with Gasteiger partial charge in [0.05, 0.1) is 12.5 Å². The highest BCUT2D eigenvalue weighted by Crippen LogP contribution is 2.35. The molecule has 3 heterocycles. The number of aromatic nitrogens is 4. The molecule has 2 fully saturated rings. The molecule has 1 aliphatic carbocycles. The van der Waals surface area contributed by atoms with Gasteiger partial charge >= 0.3 is 6.09 Å². The Morgan fingerprint density at radius 2 is 2.14 bits per heavy atom. The molecule has 2 aromatic rings. The zero-order valence-electron chi connectivity index (χ0n) is 15.7. The Balaban J connectivity index is 1.43. The highest BCUT2D eigenvalue weighted by Gasteiger charge is 2.48. The van der Waals surface area contributed by atoms with Gasteiger partial charge in [-0.15, -0.1) is 0 Å². The minimum Gasteiger partial charge on any atom is -0.465 e. The predicted molar refractivity (Wildman–Crippen MR) is 102 cm³/mol. The Labute approximate surface area is 165 Å². The van der Waals surface area contributed by atoms with Crippen LogP contribution in [0.3, 0.4) is 0 Å². The number of nitrogens with one attached hydrogen (secondary N) is 3. The highest BCUT2D eigenvalue weighted by atomic mass is 19.3. The molecule has 1 aliphatic heterocycles. The largest absolute Gasteiger partial charge is 0.465 e. The van der Waals surface area contributed by atoms with E-state index in [0.717, 1.165) is 18.5 Å². The molecule has 4 N–H and O–H groups in total. The van der Waals surface area contributed by atoms with Crippen molar-refractivity contribution >= 4 is 23.7 Å². The minimum atomic E-state index is -3.03. The molecule has 29 heavy (non-hydrogen) atoms. The van der Waals surface area contributed by atoms with Crippen LogP contribution < -0.4 is 15.5 Å². The van der Waals surface area contributed by atoms with Crippen molar-refractivity contribution in [2.45, 2.75) is 37.5 Å². The maximum absolute atomic E-state index is 14.2. The second-order valence-corrected chi connectivity index (χ2v) is 7.58. The summed E-state index contributed by atoms with van der Waals surface area (Å²) in [6, 6.07) is 3.60. The number of H-pyrrole nitrogens is 1. The first-order chi connectivity index (χ1) is 13.9. The molecule has 4 rings (SSSR count). The second-order valence-electron chi connectivity index (χ2n) is 7.58. The summed E-state index contributed by atoms with van der Waals surface area (Å²) >= 11 is 0. The van der Waals surface area contributed by atoms with Crippen molar-refractivity contribution in [2.75, 3.05) is 29.9 Å². The summed E-state index contributed by atoms with van der Waals surface area (Å²) in [5.74, 6) is -2.43. The van der Waals surface area contributed by atoms with Crippen molar-refractivity contribution in [3.05, 3.63) is 24.0 Å². The average molecular weight is 407 g/mol. The third-order valence-electron chi connectivity index (χ3n) is 5.51. The standard InChI is InChI=1S/C18H23F2N7O2/c19-18(20)10-27(9-12(18)8-22-17(28)29)16-21-6-5-14(24-16)23-15-7-13(25-26-15)11-3-1-2-4-11/h5-7,11-12,22H,1-4,8-10H2,(H,28,29)(H2,21,23,24,25,26). The van der Waals surface area contributed by atoms with Crippen molar-refractivity contribution in [1.29, 1.82) is 0 Å². The van der Waals surface area contributed by atoms with E-state index in [1.807, 2.05) is 11.4 Å². The van der Waals surface area contributed by atoms with Gasteiger partial charge in [-0.2, -0.15) is 10.1 Å². The average Bonchev–Trinajstić information content (AvgIpc) is 3.40. The Hall–Kier alpha value is -2.98. The molecular weight excluding hydrogens is 384 g/mol. The number of halogens is 2. The van der Waals surface area contributed by atoms with Crippen molar-refractivity contribution in [3.8, 4) is 0 Å². The molecule has 1 atom stereocenters. The lowest BCUT2D eigenvalue weighted by molar-refractivity contribution is -0.0193. The van der Waals surface area contributed by atoms with Gasteiger partial charge in [0.2, 0.25) is 5.95 Å². The fraction of sp³-hybridized carbons (Fsp3) is 0.556. The number of nitrogens with zero attached hydrogens (tertiary/aromatic N) is 4. The van der Waals surface area contributed by atoms with E-state index >= 15 is 0 Å². The van der Waals surface area contributed by atoms with Gasteiger partial charge in [-0.05, 0) is 18.9 Å². The Kier molecular flexibility index (Phi) is 5.20. The third-order valence-corrected chi connectivity index (χ3v) is 5.51. The molecule has 0 radical (unpaired) electrons. The summed E-state index contributed by atoms with van der Waals surface area (Å²) in [6.07, 6.45) is 4.94. The SMILES string of the molecule is O=C(O)NCC1CN(c2nccc(Nc3cc(C4CCCC4)[nH]n3)n2)CC1(F)F. The zero-order valence-corrected chi connectivity index (χ0v) is 15.7. The second kappa shape index (κ2) is 7.80. The molecule has 0 spiro atoms. The number of hydrogen-bond donors (Lipinski definition) is 4. The number of amides is 1. The first kappa shape index (κ1) is 19.3. The molecule has 1 amide bonds. The van der Waals surface area contributed by atoms with E-state index in [0.29, 0.717) is 17.6 Å². The molecule has 1 unspecified atom stereocenters. The van der Waals surface area contributed by atoms with Crippen molar-refractivity contribution < 1.29 is 18.7 Å². The van der Waals surface area contributed by atoms with E-state index in [1.54, 1.807) is 6.07 Å². The summed E-state index contributed by atoms with van der Waals surface area (Å²) in [5.41, 5.74) is 1.09. The minimum absolute atomic E-state index is 0.0367. The summed E-state index contributed by atoms with van der Waals surface area (Å²) < 4.78 is 28.5. The van der Waals surface area contributed by atoms with E-state index < -0.39 is 24.5 Å². The van der Waals surface area contributed by atoms with Crippen LogP contribution in [0.5, 0.6) is 0 Å². The number of aromatic amines is 1. The van der Waals surface area contributed by atoms with Crippen LogP contribution in [0.4, 0.5) is 31.2 Å². The van der Waals surface area contributed by atoms with Gasteiger partial charge in [0, 0.05) is 37.0 Å². The molecule has 2 aromatic heterocycles. The fourth-order valence-corrected chi connectivity index (χ4v) is 3.97. The Bertz CT molecular complexity index is 869. The normalized spacial score (nSPS) is 21.4. The Morgan fingerprint density at radius 1 is 1.34 bits per heavy atom. The van der Waals surface area contributed by atoms with Crippen LogP contribution in [0.25, 0.3) is 0 Å². The molecule has 1 saturated carbocycles. The lowest BCUT2D eigenvalue weighted by atomic mass is 10.0. The first-order valence-corrected chi connectivity index (χ1v) is 9.65. The topological polar surface area (TPSA) is 119 Å². The number of carboxylic acid groups (broad SMARTS) is 1. The van der Waals surface area contributed by atoms with Crippen LogP contribution in [-0.4, -0.2) is 56.9 Å². The van der Waals surface area contributed by atoms with Crippen LogP contribution in [0.15, 0.2) is 18.3 Å². The van der Waals surface area contributed by atoms with Crippen LogP contribution >= 0.6 is 0 Å². The quantitative estimate of drug-likeness (QED) is 0.581. The van der Waals surface area contributed by atoms with Crippen LogP contribution in [0.2, 0.25) is 0 Å². The summed E-state index contributed by atoms with van der Waals surface area (Å²) in [4.78, 5) is 20.4. The number of hydrogen-bond acceptors (Lipinski definition) is 6. The monoisotopic (exact) mass is 407 g/mol. The van der Waals surface area contributed by atoms with Crippen LogP contribution in [0.1, 0.15) is 37.3 Å². The number of carbonyl (C=O) groups is 1. The maximum Gasteiger partial charge on any atom is 0.404 e. The summed E-state index contributed by atoms with van der Waals surface area (Å²) in [6.45, 7) is -0.921. The molecule has 156 valence electrons. The highest BCUT2D eigenvalue weighted by molar-refractivity contribution is 5.64. The van der Waals surface area contributed by atoms with E-state index in [9.17, 15) is 13.6 Å². The molecule has 2 aliphatic rings. The number of anilines is 3. The van der Waals surface area contributed by atoms with E-state index in [2.05, 4.69) is 25.5 Å². The lowest BCUT2D eigenvalue weighted by Gasteiger charge is -2.16. The van der Waals surface area contributed by atoms with Gasteiger partial charge in [0.15, 0.2) is 5.82 Å². The van der Waals surface area contributed by atoms with Gasteiger partial charge in [-0.3, -0.25) is 5.10 Å². The molecule has 1 saturated heterocycles. The molecule has 11 heteroatoms. The van der Waals surface area contributed by atoms with Gasteiger partial charge in [0.25, 0.3) is 5.92 Å². The van der Waals surface area contributed by atoms with Crippen LogP contribution in [0, 0.1) is 5.92 Å². The third kappa shape index (κ3) is 4.38. The number of alkyl halides is 2. The summed E-state index contributed by atoms with van der Waals surface area (Å²) in [7, 11) is 0. The molecular formula is C18H23F2N7O2. The van der Waals surface area contributed by atoms with E-state index in [-0.39, 0.29) is 19.0 Å².